The number of piperidine rings is 5. The van der Waals surface area contributed by atoms with Crippen LogP contribution in [0.2, 0.25) is 0 Å². The summed E-state index contributed by atoms with van der Waals surface area (Å²) in [6.07, 6.45) is 10.5. The van der Waals surface area contributed by atoms with Gasteiger partial charge in [0.2, 0.25) is 0 Å². The minimum atomic E-state index is -4.27. The number of aromatic nitrogens is 10. The summed E-state index contributed by atoms with van der Waals surface area (Å²) >= 11 is 7.37. The highest BCUT2D eigenvalue weighted by Gasteiger charge is 2.37. The van der Waals surface area contributed by atoms with Crippen molar-refractivity contribution in [1.29, 1.82) is 0 Å². The molecule has 1 unspecified atom stereocenters. The number of hydrogen-bond donors (Lipinski definition) is 7. The number of halogens is 6. The SMILES string of the molecule is CCc1cc2c(N(CC(O)CO)C3CCN(Cc4ccccc4)CC3)ncnc2s1.CCc1cc2c(N(CCCO)C3CCN(Cc4ccccc4)CC3)ncnc2s1.CCc1cc2c(N(CCO)C3CCN(Cc4ccccc4)CC3)ncnc2s1.Cc1c(CC(F)(F)F)sc2ncnc(NC3CCN(Cc4ccccc4)CC3)c12.OCCNN(c1ncnc2sc(CC(F)(F)F)cc12)C1CCN(Cc2ccccc2)CC1. The van der Waals surface area contributed by atoms with Crippen LogP contribution in [0.15, 0.2) is 208 Å². The van der Waals surface area contributed by atoms with Gasteiger partial charge in [-0.15, -0.1) is 56.7 Å². The highest BCUT2D eigenvalue weighted by molar-refractivity contribution is 7.20. The van der Waals surface area contributed by atoms with Crippen molar-refractivity contribution in [2.24, 2.45) is 0 Å². The summed E-state index contributed by atoms with van der Waals surface area (Å²) in [5.41, 5.74) is 10.5. The summed E-state index contributed by atoms with van der Waals surface area (Å²) in [5.74, 6) is 4.12. The van der Waals surface area contributed by atoms with Crippen molar-refractivity contribution in [1.82, 2.24) is 79.8 Å². The molecule has 7 N–H and O–H groups in total. The van der Waals surface area contributed by atoms with Crippen LogP contribution in [0.25, 0.3) is 51.1 Å². The molecule has 0 bridgehead atoms. The third kappa shape index (κ3) is 30.7. The lowest BCUT2D eigenvalue weighted by Gasteiger charge is -2.40. The Morgan fingerprint density at radius 2 is 0.703 bits per heavy atom. The van der Waals surface area contributed by atoms with Crippen molar-refractivity contribution in [3.05, 3.63) is 265 Å². The van der Waals surface area contributed by atoms with E-state index in [1.807, 2.05) is 29.3 Å². The van der Waals surface area contributed by atoms with Crippen LogP contribution in [0.5, 0.6) is 0 Å². The van der Waals surface area contributed by atoms with Crippen LogP contribution in [-0.4, -0.2) is 267 Å². The van der Waals surface area contributed by atoms with Gasteiger partial charge in [0.15, 0.2) is 5.82 Å². The van der Waals surface area contributed by atoms with Crippen LogP contribution in [-0.2, 0) is 64.8 Å². The Labute approximate surface area is 882 Å². The number of hydrogen-bond acceptors (Lipinski definition) is 31. The first-order valence-corrected chi connectivity index (χ1v) is 56.0. The Balaban J connectivity index is 0.000000132. The van der Waals surface area contributed by atoms with E-state index < -0.39 is 31.3 Å². The molecular weight excluding hydrogens is 1980 g/mol. The van der Waals surface area contributed by atoms with Gasteiger partial charge < -0.3 is 45.5 Å². The van der Waals surface area contributed by atoms with E-state index in [0.717, 1.165) is 265 Å². The number of aryl methyl sites for hydroxylation is 4. The molecule has 0 radical (unpaired) electrons. The van der Waals surface area contributed by atoms with Gasteiger partial charge in [-0.25, -0.2) is 55.3 Å². The Hall–Kier alpha value is -10.6. The summed E-state index contributed by atoms with van der Waals surface area (Å²) in [5, 5.41) is 58.3. The van der Waals surface area contributed by atoms with Crippen molar-refractivity contribution in [2.75, 3.05) is 143 Å². The third-order valence-electron chi connectivity index (χ3n) is 28.1. The number of anilines is 5. The fourth-order valence-corrected chi connectivity index (χ4v) is 25.5. The van der Waals surface area contributed by atoms with Crippen LogP contribution in [0, 0.1) is 6.92 Å². The van der Waals surface area contributed by atoms with Crippen LogP contribution in [0.4, 0.5) is 55.4 Å². The number of benzene rings is 5. The van der Waals surface area contributed by atoms with Gasteiger partial charge >= 0.3 is 12.4 Å². The first kappa shape index (κ1) is 110. The van der Waals surface area contributed by atoms with Gasteiger partial charge in [-0.05, 0) is 154 Å². The second kappa shape index (κ2) is 54.4. The zero-order chi connectivity index (χ0) is 103. The molecule has 788 valence electrons. The number of nitrogens with one attached hydrogen (secondary N) is 2. The molecule has 26 nitrogen and oxygen atoms in total. The lowest BCUT2D eigenvalue weighted by Crippen LogP contribution is -2.52. The first-order chi connectivity index (χ1) is 72.0. The average Bonchev–Trinajstić information content (AvgIpc) is 1.63. The van der Waals surface area contributed by atoms with Crippen LogP contribution < -0.4 is 30.5 Å². The Morgan fingerprint density at radius 3 is 1.07 bits per heavy atom. The zero-order valence-corrected chi connectivity index (χ0v) is 88.8. The van der Waals surface area contributed by atoms with Gasteiger partial charge in [0.25, 0.3) is 0 Å². The number of alkyl halides is 6. The molecule has 20 rings (SSSR count). The van der Waals surface area contributed by atoms with Gasteiger partial charge in [0.05, 0.1) is 65.7 Å². The fraction of sp³-hybridized carbons (Fsp3) is 0.459. The summed E-state index contributed by atoms with van der Waals surface area (Å²) in [7, 11) is 0. The van der Waals surface area contributed by atoms with Gasteiger partial charge in [-0.3, -0.25) is 29.5 Å². The molecule has 0 amide bonds. The lowest BCUT2D eigenvalue weighted by atomic mass is 10.0. The molecule has 37 heteroatoms. The zero-order valence-electron chi connectivity index (χ0n) is 84.7. The summed E-state index contributed by atoms with van der Waals surface area (Å²) in [4.78, 5) is 72.6. The van der Waals surface area contributed by atoms with Crippen molar-refractivity contribution in [3.63, 3.8) is 0 Å². The van der Waals surface area contributed by atoms with E-state index in [1.165, 1.54) is 60.5 Å². The highest BCUT2D eigenvalue weighted by atomic mass is 32.1. The number of rotatable bonds is 36. The van der Waals surface area contributed by atoms with E-state index in [2.05, 4.69) is 261 Å². The molecule has 1 atom stereocenters. The molecule has 5 aromatic carbocycles. The standard InChI is InChI=1S/C23H30N4O2S.C23H30N4OS.C22H26F3N5OS.C22H28N4OS.C21H23F3N4S/c1-2-20-12-21-22(24-16-25-23(21)30-20)27(14-19(29)15-28)18-8-10-26(11-9-18)13-17-6-4-3-5-7-17;1-2-20-15-21-22(24-17-25-23(21)29-20)27(11-6-14-28)19-9-12-26(13-10-19)16-18-7-4-3-5-8-18;23-22(24,25)13-18-12-19-20(26-15-27-21(19)32-18)30(28-8-11-31)17-6-9-29(10-7-17)14-16-4-2-1-3-5-16;1-2-19-14-20-21(23-16-24-22(20)28-19)26(12-13-27)18-8-10-25(11-9-18)15-17-6-4-3-5-7-17;1-14-17(11-21(22,23)24)29-20-18(14)19(25-13-26-20)27-16-7-9-28(10-8-16)12-15-5-3-2-4-6-15/h3-7,12,16,18-19,28-29H,2,8-11,13-15H2,1H3;3-5,7-8,15,17,19,28H,2,6,9-14,16H2,1H3;1-5,12,15,17,28,31H,6-11,13-14H2;3-7,14,16,18,27H,2,8-13,15H2,1H3;2-6,13,16H,7-12H2,1H3,(H,25,26,27). The molecule has 0 saturated carbocycles. The first-order valence-electron chi connectivity index (χ1n) is 51.9. The average molecular weight is 2120 g/mol. The van der Waals surface area contributed by atoms with E-state index in [9.17, 15) is 51.9 Å². The molecule has 5 aliphatic rings. The number of aliphatic hydroxyl groups is 5. The van der Waals surface area contributed by atoms with Crippen LogP contribution in [0.1, 0.15) is 149 Å². The van der Waals surface area contributed by atoms with Crippen LogP contribution in [0.3, 0.4) is 0 Å². The topological polar surface area (TPSA) is 283 Å². The summed E-state index contributed by atoms with van der Waals surface area (Å²) in [6, 6.07) is 62.4. The largest absolute Gasteiger partial charge is 0.396 e. The molecule has 0 aliphatic carbocycles. The van der Waals surface area contributed by atoms with Crippen LogP contribution >= 0.6 is 56.7 Å². The van der Waals surface area contributed by atoms with Crippen molar-refractivity contribution in [3.8, 4) is 0 Å². The second-order valence-electron chi connectivity index (χ2n) is 38.5. The highest BCUT2D eigenvalue weighted by Crippen LogP contribution is 2.42. The predicted molar refractivity (Wildman–Crippen MR) is 588 cm³/mol. The molecule has 10 aromatic heterocycles. The number of hydrazine groups is 1. The molecule has 148 heavy (non-hydrogen) atoms. The van der Waals surface area contributed by atoms with E-state index in [4.69, 9.17) is 4.98 Å². The second-order valence-corrected chi connectivity index (χ2v) is 44.1. The molecule has 5 saturated heterocycles. The van der Waals surface area contributed by atoms with E-state index in [0.29, 0.717) is 68.8 Å². The fourth-order valence-electron chi connectivity index (χ4n) is 20.5. The minimum Gasteiger partial charge on any atom is -0.396 e. The van der Waals surface area contributed by atoms with E-state index in [1.54, 1.807) is 66.0 Å². The molecular formula is C111H137F6N21O5S5. The molecule has 15 heterocycles. The number of fused-ring (bicyclic) bond motifs is 5. The number of nitrogens with zero attached hydrogens (tertiary/aromatic N) is 19. The smallest absolute Gasteiger partial charge is 0.393 e. The lowest BCUT2D eigenvalue weighted by molar-refractivity contribution is -0.127. The normalized spacial score (nSPS) is 16.2. The number of likely N-dealkylation sites (tertiary alicyclic amines) is 5. The molecule has 5 aliphatic heterocycles. The third-order valence-corrected chi connectivity index (χ3v) is 33.9. The molecule has 0 spiro atoms. The monoisotopic (exact) mass is 2120 g/mol. The minimum absolute atomic E-state index is 0.0550. The predicted octanol–water partition coefficient (Wildman–Crippen LogP) is 19.8. The Bertz CT molecular complexity index is 6520. The van der Waals surface area contributed by atoms with E-state index in [-0.39, 0.29) is 49.4 Å². The van der Waals surface area contributed by atoms with Gasteiger partial charge in [0.1, 0.15) is 79.1 Å². The number of thiophene rings is 5. The van der Waals surface area contributed by atoms with Gasteiger partial charge in [-0.2, -0.15) is 26.3 Å². The maximum absolute atomic E-state index is 12.9. The Kier molecular flexibility index (Phi) is 40.5. The maximum Gasteiger partial charge on any atom is 0.393 e. The molecule has 15 aromatic rings. The van der Waals surface area contributed by atoms with Gasteiger partial charge in [-0.1, -0.05) is 172 Å². The van der Waals surface area contributed by atoms with Crippen molar-refractivity contribution in [2.45, 2.75) is 212 Å². The number of aliphatic hydroxyl groups excluding tert-OH is 5. The molecule has 5 fully saturated rings. The summed E-state index contributed by atoms with van der Waals surface area (Å²) < 4.78 is 77.3. The van der Waals surface area contributed by atoms with Gasteiger partial charge in [0, 0.05) is 186 Å². The Morgan fingerprint density at radius 1 is 0.372 bits per heavy atom. The van der Waals surface area contributed by atoms with Crippen molar-refractivity contribution >= 4 is 137 Å². The maximum atomic E-state index is 12.9. The summed E-state index contributed by atoms with van der Waals surface area (Å²) in [6.45, 7) is 25.3. The quantitative estimate of drug-likeness (QED) is 0.0142. The van der Waals surface area contributed by atoms with E-state index >= 15 is 0 Å². The van der Waals surface area contributed by atoms with Crippen molar-refractivity contribution < 1.29 is 51.9 Å².